The maximum absolute atomic E-state index is 9.08. The average molecular weight is 212 g/mol. The molecule has 1 aromatic heterocycles. The molecule has 0 saturated carbocycles. The van der Waals surface area contributed by atoms with Gasteiger partial charge in [-0.05, 0) is 6.07 Å². The van der Waals surface area contributed by atoms with Gasteiger partial charge in [0.05, 0.1) is 25.5 Å². The monoisotopic (exact) mass is 212 g/mol. The first-order valence-electron chi connectivity index (χ1n) is 4.76. The summed E-state index contributed by atoms with van der Waals surface area (Å²) in [6, 6.07) is 5.48. The Hall–Kier alpha value is -1.17. The molecule has 0 aliphatic carbocycles. The quantitative estimate of drug-likeness (QED) is 0.594. The van der Waals surface area contributed by atoms with Gasteiger partial charge in [0.25, 0.3) is 0 Å². The van der Waals surface area contributed by atoms with E-state index >= 15 is 0 Å². The summed E-state index contributed by atoms with van der Waals surface area (Å²) in [6.45, 7) is 0.641. The lowest BCUT2D eigenvalue weighted by atomic mass is 10.3. The van der Waals surface area contributed by atoms with E-state index in [1.165, 1.54) is 0 Å². The van der Waals surface area contributed by atoms with Crippen LogP contribution >= 0.6 is 0 Å². The van der Waals surface area contributed by atoms with Gasteiger partial charge in [-0.1, -0.05) is 6.07 Å². The Morgan fingerprint density at radius 1 is 1.53 bits per heavy atom. The highest BCUT2D eigenvalue weighted by molar-refractivity contribution is 5.15. The highest BCUT2D eigenvalue weighted by Crippen LogP contribution is 2.05. The molecule has 84 valence electrons. The van der Waals surface area contributed by atoms with E-state index in [1.807, 2.05) is 12.1 Å². The zero-order valence-corrected chi connectivity index (χ0v) is 8.68. The van der Waals surface area contributed by atoms with Crippen LogP contribution in [0.4, 0.5) is 0 Å². The molecule has 3 N–H and O–H groups in total. The lowest BCUT2D eigenvalue weighted by molar-refractivity contribution is 0.0941. The molecule has 1 heterocycles. The van der Waals surface area contributed by atoms with E-state index in [9.17, 15) is 0 Å². The van der Waals surface area contributed by atoms with E-state index < -0.39 is 6.10 Å². The van der Waals surface area contributed by atoms with Crippen molar-refractivity contribution in [1.82, 2.24) is 10.3 Å². The van der Waals surface area contributed by atoms with Gasteiger partial charge in [-0.3, -0.25) is 0 Å². The summed E-state index contributed by atoms with van der Waals surface area (Å²) in [7, 11) is 1.56. The molecule has 0 fully saturated rings. The molecule has 1 atom stereocenters. The van der Waals surface area contributed by atoms with Gasteiger partial charge in [0.1, 0.15) is 0 Å². The molecule has 0 radical (unpaired) electrons. The number of hydrogen-bond acceptors (Lipinski definition) is 5. The first-order valence-corrected chi connectivity index (χ1v) is 4.76. The number of aliphatic hydroxyl groups is 2. The maximum atomic E-state index is 9.08. The summed E-state index contributed by atoms with van der Waals surface area (Å²) in [5.41, 5.74) is 0.833. The smallest absolute Gasteiger partial charge is 0.213 e. The van der Waals surface area contributed by atoms with Gasteiger partial charge < -0.3 is 20.3 Å². The van der Waals surface area contributed by atoms with Crippen LogP contribution in [-0.4, -0.2) is 41.6 Å². The molecule has 0 spiro atoms. The summed E-state index contributed by atoms with van der Waals surface area (Å²) in [5.74, 6) is 0.567. The van der Waals surface area contributed by atoms with Crippen molar-refractivity contribution in [2.24, 2.45) is 0 Å². The fourth-order valence-corrected chi connectivity index (χ4v) is 1.10. The Morgan fingerprint density at radius 2 is 2.33 bits per heavy atom. The fourth-order valence-electron chi connectivity index (χ4n) is 1.10. The van der Waals surface area contributed by atoms with E-state index in [-0.39, 0.29) is 6.61 Å². The number of ether oxygens (including phenoxy) is 1. The zero-order valence-electron chi connectivity index (χ0n) is 8.68. The van der Waals surface area contributed by atoms with Crippen LogP contribution in [0, 0.1) is 0 Å². The van der Waals surface area contributed by atoms with Crippen molar-refractivity contribution < 1.29 is 14.9 Å². The normalized spacial score (nSPS) is 12.5. The number of nitrogens with one attached hydrogen (secondary N) is 1. The van der Waals surface area contributed by atoms with E-state index in [0.29, 0.717) is 19.0 Å². The standard InChI is InChI=1S/C10H16N2O3/c1-15-10-4-2-3-8(12-10)5-11-6-9(14)7-13/h2-4,9,11,13-14H,5-7H2,1H3/t9-/m1/s1. The predicted molar refractivity (Wildman–Crippen MR) is 55.6 cm³/mol. The number of aliphatic hydroxyl groups excluding tert-OH is 2. The minimum Gasteiger partial charge on any atom is -0.481 e. The number of hydrogen-bond donors (Lipinski definition) is 3. The lowest BCUT2D eigenvalue weighted by Crippen LogP contribution is -2.29. The molecular formula is C10H16N2O3. The zero-order chi connectivity index (χ0) is 11.1. The number of methoxy groups -OCH3 is 1. The second-order valence-electron chi connectivity index (χ2n) is 3.14. The largest absolute Gasteiger partial charge is 0.481 e. The fraction of sp³-hybridized carbons (Fsp3) is 0.500. The molecule has 0 bridgehead atoms. The van der Waals surface area contributed by atoms with Crippen molar-refractivity contribution in [2.75, 3.05) is 20.3 Å². The topological polar surface area (TPSA) is 74.6 Å². The first-order chi connectivity index (χ1) is 7.26. The van der Waals surface area contributed by atoms with Crippen molar-refractivity contribution in [3.63, 3.8) is 0 Å². The molecule has 0 saturated heterocycles. The molecule has 0 unspecified atom stereocenters. The summed E-state index contributed by atoms with van der Waals surface area (Å²) < 4.78 is 4.98. The molecule has 0 amide bonds. The van der Waals surface area contributed by atoms with Crippen LogP contribution in [0.25, 0.3) is 0 Å². The summed E-state index contributed by atoms with van der Waals surface area (Å²) >= 11 is 0. The molecule has 5 nitrogen and oxygen atoms in total. The summed E-state index contributed by atoms with van der Waals surface area (Å²) in [5, 5.41) is 20.6. The number of pyridine rings is 1. The van der Waals surface area contributed by atoms with Crippen molar-refractivity contribution >= 4 is 0 Å². The van der Waals surface area contributed by atoms with Crippen LogP contribution in [0.2, 0.25) is 0 Å². The lowest BCUT2D eigenvalue weighted by Gasteiger charge is -2.08. The highest BCUT2D eigenvalue weighted by Gasteiger charge is 2.01. The second kappa shape index (κ2) is 6.34. The third-order valence-electron chi connectivity index (χ3n) is 1.89. The average Bonchev–Trinajstić information content (AvgIpc) is 2.29. The van der Waals surface area contributed by atoms with E-state index in [0.717, 1.165) is 5.69 Å². The molecular weight excluding hydrogens is 196 g/mol. The van der Waals surface area contributed by atoms with E-state index in [4.69, 9.17) is 14.9 Å². The number of rotatable bonds is 6. The minimum atomic E-state index is -0.726. The van der Waals surface area contributed by atoms with Crippen molar-refractivity contribution in [2.45, 2.75) is 12.6 Å². The van der Waals surface area contributed by atoms with Crippen LogP contribution in [0.5, 0.6) is 5.88 Å². The highest BCUT2D eigenvalue weighted by atomic mass is 16.5. The third kappa shape index (κ3) is 4.24. The first kappa shape index (κ1) is 11.9. The third-order valence-corrected chi connectivity index (χ3v) is 1.89. The van der Waals surface area contributed by atoms with Crippen LogP contribution in [-0.2, 0) is 6.54 Å². The van der Waals surface area contributed by atoms with Gasteiger partial charge in [-0.2, -0.15) is 0 Å². The van der Waals surface area contributed by atoms with Crippen LogP contribution in [0.1, 0.15) is 5.69 Å². The number of nitrogens with zero attached hydrogens (tertiary/aromatic N) is 1. The van der Waals surface area contributed by atoms with Crippen LogP contribution in [0.15, 0.2) is 18.2 Å². The Bertz CT molecular complexity index is 294. The minimum absolute atomic E-state index is 0.238. The van der Waals surface area contributed by atoms with Gasteiger partial charge in [0.2, 0.25) is 5.88 Å². The Labute approximate surface area is 88.7 Å². The summed E-state index contributed by atoms with van der Waals surface area (Å²) in [4.78, 5) is 4.19. The summed E-state index contributed by atoms with van der Waals surface area (Å²) in [6.07, 6.45) is -0.726. The molecule has 0 aliphatic rings. The SMILES string of the molecule is COc1cccc(CNC[C@@H](O)CO)n1. The van der Waals surface area contributed by atoms with Gasteiger partial charge >= 0.3 is 0 Å². The Kier molecular flexibility index (Phi) is 5.03. The van der Waals surface area contributed by atoms with Gasteiger partial charge in [0, 0.05) is 19.2 Å². The second-order valence-corrected chi connectivity index (χ2v) is 3.14. The molecule has 1 aromatic rings. The molecule has 1 rings (SSSR count). The maximum Gasteiger partial charge on any atom is 0.213 e. The van der Waals surface area contributed by atoms with Crippen LogP contribution in [0.3, 0.4) is 0 Å². The number of aromatic nitrogens is 1. The predicted octanol–water partition coefficient (Wildman–Crippen LogP) is -0.467. The Balaban J connectivity index is 2.37. The molecule has 0 aliphatic heterocycles. The van der Waals surface area contributed by atoms with Gasteiger partial charge in [-0.15, -0.1) is 0 Å². The van der Waals surface area contributed by atoms with Gasteiger partial charge in [0.15, 0.2) is 0 Å². The van der Waals surface area contributed by atoms with E-state index in [1.54, 1.807) is 13.2 Å². The van der Waals surface area contributed by atoms with Crippen LogP contribution < -0.4 is 10.1 Å². The molecule has 15 heavy (non-hydrogen) atoms. The van der Waals surface area contributed by atoms with Crippen molar-refractivity contribution in [1.29, 1.82) is 0 Å². The molecule has 5 heteroatoms. The van der Waals surface area contributed by atoms with Gasteiger partial charge in [-0.25, -0.2) is 4.98 Å². The Morgan fingerprint density at radius 3 is 3.00 bits per heavy atom. The van der Waals surface area contributed by atoms with Crippen molar-refractivity contribution in [3.05, 3.63) is 23.9 Å². The van der Waals surface area contributed by atoms with E-state index in [2.05, 4.69) is 10.3 Å². The molecule has 0 aromatic carbocycles. The van der Waals surface area contributed by atoms with Crippen molar-refractivity contribution in [3.8, 4) is 5.88 Å².